The highest BCUT2D eigenvalue weighted by Crippen LogP contribution is 2.37. The lowest BCUT2D eigenvalue weighted by Gasteiger charge is -2.14. The first-order valence-corrected chi connectivity index (χ1v) is 12.3. The standard InChI is InChI=1S/C23H15ClN4O4S2/c1-14(29)15-3-2-4-16(9-15)20-11-18(24)5-7-22(20)32-21-8-6-19(10-17(21)12-25)34(30,31)28-23-26-13-27-33-23/h2-11,13H,1H3,(H,26,27,28). The van der Waals surface area contributed by atoms with Crippen LogP contribution in [0.15, 0.2) is 71.9 Å². The molecule has 11 heteroatoms. The lowest BCUT2D eigenvalue weighted by Crippen LogP contribution is -2.13. The second-order valence-corrected chi connectivity index (χ2v) is 9.90. The van der Waals surface area contributed by atoms with Crippen molar-refractivity contribution in [2.45, 2.75) is 11.8 Å². The lowest BCUT2D eigenvalue weighted by molar-refractivity contribution is 0.101. The highest BCUT2D eigenvalue weighted by Gasteiger charge is 2.19. The van der Waals surface area contributed by atoms with Gasteiger partial charge in [0.05, 0.1) is 10.5 Å². The van der Waals surface area contributed by atoms with Crippen LogP contribution in [0.3, 0.4) is 0 Å². The number of benzene rings is 3. The van der Waals surface area contributed by atoms with E-state index in [2.05, 4.69) is 14.1 Å². The molecule has 0 saturated heterocycles. The summed E-state index contributed by atoms with van der Waals surface area (Å²) in [7, 11) is -3.97. The number of sulfonamides is 1. The number of carbonyl (C=O) groups is 1. The van der Waals surface area contributed by atoms with Gasteiger partial charge in [-0.05, 0) is 55.0 Å². The number of aromatic nitrogens is 2. The quantitative estimate of drug-likeness (QED) is 0.324. The molecule has 4 rings (SSSR count). The first-order chi connectivity index (χ1) is 16.3. The van der Waals surface area contributed by atoms with Crippen molar-refractivity contribution in [3.05, 3.63) is 83.1 Å². The van der Waals surface area contributed by atoms with Gasteiger partial charge in [-0.3, -0.25) is 9.52 Å². The Morgan fingerprint density at radius 2 is 1.91 bits per heavy atom. The molecule has 0 spiro atoms. The maximum Gasteiger partial charge on any atom is 0.263 e. The van der Waals surface area contributed by atoms with E-state index in [0.717, 1.165) is 11.5 Å². The molecular weight excluding hydrogens is 496 g/mol. The van der Waals surface area contributed by atoms with Crippen molar-refractivity contribution in [2.75, 3.05) is 4.72 Å². The maximum absolute atomic E-state index is 12.6. The Morgan fingerprint density at radius 3 is 2.62 bits per heavy atom. The van der Waals surface area contributed by atoms with Gasteiger partial charge in [0.25, 0.3) is 10.0 Å². The van der Waals surface area contributed by atoms with Crippen molar-refractivity contribution >= 4 is 44.1 Å². The number of halogens is 1. The van der Waals surface area contributed by atoms with E-state index in [-0.39, 0.29) is 27.1 Å². The summed E-state index contributed by atoms with van der Waals surface area (Å²) in [6, 6.07) is 17.9. The summed E-state index contributed by atoms with van der Waals surface area (Å²) in [6.07, 6.45) is 1.23. The number of nitrogens with zero attached hydrogens (tertiary/aromatic N) is 3. The minimum absolute atomic E-state index is 0.0125. The normalized spacial score (nSPS) is 11.0. The van der Waals surface area contributed by atoms with Gasteiger partial charge in [0.15, 0.2) is 5.78 Å². The van der Waals surface area contributed by atoms with E-state index in [1.807, 2.05) is 12.1 Å². The number of carbonyl (C=O) groups excluding carboxylic acids is 1. The van der Waals surface area contributed by atoms with Crippen molar-refractivity contribution in [3.8, 4) is 28.7 Å². The molecule has 0 radical (unpaired) electrons. The summed E-state index contributed by atoms with van der Waals surface area (Å²) in [5.41, 5.74) is 1.84. The molecule has 8 nitrogen and oxygen atoms in total. The molecule has 0 atom stereocenters. The van der Waals surface area contributed by atoms with Gasteiger partial charge in [-0.15, -0.1) is 0 Å². The van der Waals surface area contributed by atoms with Crippen LogP contribution in [0.1, 0.15) is 22.8 Å². The Bertz CT molecular complexity index is 1530. The molecule has 0 bridgehead atoms. The zero-order valence-corrected chi connectivity index (χ0v) is 19.9. The fourth-order valence-electron chi connectivity index (χ4n) is 3.09. The van der Waals surface area contributed by atoms with Crippen LogP contribution in [-0.2, 0) is 10.0 Å². The molecule has 1 heterocycles. The van der Waals surface area contributed by atoms with E-state index >= 15 is 0 Å². The predicted octanol–water partition coefficient (Wildman–Crippen LogP) is 5.53. The topological polar surface area (TPSA) is 122 Å². The van der Waals surface area contributed by atoms with Gasteiger partial charge >= 0.3 is 0 Å². The van der Waals surface area contributed by atoms with Crippen molar-refractivity contribution < 1.29 is 17.9 Å². The zero-order chi connectivity index (χ0) is 24.3. The van der Waals surface area contributed by atoms with Crippen LogP contribution in [0.25, 0.3) is 11.1 Å². The molecule has 0 saturated carbocycles. The van der Waals surface area contributed by atoms with E-state index in [1.165, 1.54) is 31.5 Å². The van der Waals surface area contributed by atoms with Gasteiger partial charge < -0.3 is 4.74 Å². The molecule has 0 aliphatic rings. The smallest absolute Gasteiger partial charge is 0.263 e. The van der Waals surface area contributed by atoms with Gasteiger partial charge in [0.2, 0.25) is 5.13 Å². The summed E-state index contributed by atoms with van der Waals surface area (Å²) in [5, 5.41) is 10.2. The number of anilines is 1. The van der Waals surface area contributed by atoms with E-state index < -0.39 is 10.0 Å². The molecule has 170 valence electrons. The molecule has 34 heavy (non-hydrogen) atoms. The lowest BCUT2D eigenvalue weighted by atomic mass is 10.0. The van der Waals surface area contributed by atoms with Crippen molar-refractivity contribution in [2.24, 2.45) is 0 Å². The molecule has 4 aromatic rings. The first kappa shape index (κ1) is 23.4. The Balaban J connectivity index is 1.70. The first-order valence-electron chi connectivity index (χ1n) is 9.69. The summed E-state index contributed by atoms with van der Waals surface area (Å²) in [6.45, 7) is 1.48. The molecule has 0 aliphatic carbocycles. The molecule has 1 N–H and O–H groups in total. The highest BCUT2D eigenvalue weighted by molar-refractivity contribution is 7.93. The number of rotatable bonds is 7. The summed E-state index contributed by atoms with van der Waals surface area (Å²) < 4.78 is 37.3. The van der Waals surface area contributed by atoms with E-state index in [1.54, 1.807) is 36.4 Å². The third-order valence-corrected chi connectivity index (χ3v) is 6.99. The highest BCUT2D eigenvalue weighted by atomic mass is 35.5. The zero-order valence-electron chi connectivity index (χ0n) is 17.5. The van der Waals surface area contributed by atoms with E-state index in [0.29, 0.717) is 27.5 Å². The van der Waals surface area contributed by atoms with Gasteiger partial charge in [-0.2, -0.15) is 9.64 Å². The van der Waals surface area contributed by atoms with Crippen molar-refractivity contribution in [1.82, 2.24) is 9.36 Å². The summed E-state index contributed by atoms with van der Waals surface area (Å²) in [4.78, 5) is 15.5. The number of hydrogen-bond donors (Lipinski definition) is 1. The fourth-order valence-corrected chi connectivity index (χ4v) is 4.94. The Hall–Kier alpha value is -3.78. The van der Waals surface area contributed by atoms with Crippen LogP contribution in [0.5, 0.6) is 11.5 Å². The predicted molar refractivity (Wildman–Crippen MR) is 129 cm³/mol. The monoisotopic (exact) mass is 510 g/mol. The minimum Gasteiger partial charge on any atom is -0.455 e. The number of ketones is 1. The van der Waals surface area contributed by atoms with Gasteiger partial charge in [0.1, 0.15) is 23.9 Å². The van der Waals surface area contributed by atoms with Crippen LogP contribution >= 0.6 is 23.1 Å². The Labute approximate surface area is 204 Å². The van der Waals surface area contributed by atoms with E-state index in [9.17, 15) is 18.5 Å². The molecule has 0 amide bonds. The van der Waals surface area contributed by atoms with Crippen LogP contribution in [0.2, 0.25) is 5.02 Å². The second kappa shape index (κ2) is 9.61. The summed E-state index contributed by atoms with van der Waals surface area (Å²) in [5.74, 6) is 0.449. The van der Waals surface area contributed by atoms with Crippen molar-refractivity contribution in [1.29, 1.82) is 5.26 Å². The average molecular weight is 511 g/mol. The second-order valence-electron chi connectivity index (χ2n) is 7.00. The Kier molecular flexibility index (Phi) is 6.61. The average Bonchev–Trinajstić information content (AvgIpc) is 3.32. The molecule has 0 unspecified atom stereocenters. The number of Topliss-reactive ketones (excluding diaryl/α,β-unsaturated/α-hetero) is 1. The van der Waals surface area contributed by atoms with E-state index in [4.69, 9.17) is 16.3 Å². The summed E-state index contributed by atoms with van der Waals surface area (Å²) >= 11 is 7.09. The van der Waals surface area contributed by atoms with Gasteiger partial charge in [0, 0.05) is 27.7 Å². The number of nitriles is 1. The van der Waals surface area contributed by atoms with Crippen LogP contribution in [0, 0.1) is 11.3 Å². The number of ether oxygens (including phenoxy) is 1. The van der Waals surface area contributed by atoms with Crippen LogP contribution < -0.4 is 9.46 Å². The molecule has 1 aromatic heterocycles. The molecular formula is C23H15ClN4O4S2. The molecule has 3 aromatic carbocycles. The molecule has 0 fully saturated rings. The van der Waals surface area contributed by atoms with Crippen molar-refractivity contribution in [3.63, 3.8) is 0 Å². The number of nitrogens with one attached hydrogen (secondary N) is 1. The maximum atomic E-state index is 12.6. The number of hydrogen-bond acceptors (Lipinski definition) is 8. The van der Waals surface area contributed by atoms with Gasteiger partial charge in [-0.25, -0.2) is 13.4 Å². The minimum atomic E-state index is -3.97. The third kappa shape index (κ3) is 5.07. The SMILES string of the molecule is CC(=O)c1cccc(-c2cc(Cl)ccc2Oc2ccc(S(=O)(=O)Nc3ncns3)cc2C#N)c1. The van der Waals surface area contributed by atoms with Gasteiger partial charge in [-0.1, -0.05) is 29.8 Å². The van der Waals surface area contributed by atoms with Crippen LogP contribution in [0.4, 0.5) is 5.13 Å². The molecule has 0 aliphatic heterocycles. The largest absolute Gasteiger partial charge is 0.455 e. The third-order valence-electron chi connectivity index (χ3n) is 4.71. The Morgan fingerprint density at radius 1 is 1.12 bits per heavy atom. The van der Waals surface area contributed by atoms with Crippen LogP contribution in [-0.4, -0.2) is 23.6 Å². The fraction of sp³-hybridized carbons (Fsp3) is 0.0435.